The standard InChI is InChI=1S/C13H17N3O2/c1-8-4-5-13(11(6-8)9(2)14)17-7-12-10(3)15-18-16-12/h4-6,9H,7,14H2,1-3H3/t9-/m0/s1. The predicted octanol–water partition coefficient (Wildman–Crippen LogP) is 2.29. The van der Waals surface area contributed by atoms with Crippen LogP contribution in [-0.4, -0.2) is 10.3 Å². The minimum Gasteiger partial charge on any atom is -0.487 e. The van der Waals surface area contributed by atoms with Crippen LogP contribution in [0.2, 0.25) is 0 Å². The highest BCUT2D eigenvalue weighted by Crippen LogP contribution is 2.25. The van der Waals surface area contributed by atoms with E-state index in [2.05, 4.69) is 14.9 Å². The molecule has 0 spiro atoms. The predicted molar refractivity (Wildman–Crippen MR) is 67.1 cm³/mol. The molecular weight excluding hydrogens is 230 g/mol. The minimum atomic E-state index is -0.0727. The van der Waals surface area contributed by atoms with Crippen LogP contribution < -0.4 is 10.5 Å². The molecule has 0 amide bonds. The van der Waals surface area contributed by atoms with Gasteiger partial charge in [-0.25, -0.2) is 4.63 Å². The fourth-order valence-electron chi connectivity index (χ4n) is 1.68. The van der Waals surface area contributed by atoms with Crippen molar-refractivity contribution in [3.63, 3.8) is 0 Å². The maximum Gasteiger partial charge on any atom is 0.145 e. The van der Waals surface area contributed by atoms with E-state index in [1.54, 1.807) is 0 Å². The molecule has 5 nitrogen and oxygen atoms in total. The lowest BCUT2D eigenvalue weighted by Crippen LogP contribution is -2.08. The van der Waals surface area contributed by atoms with E-state index in [4.69, 9.17) is 10.5 Å². The van der Waals surface area contributed by atoms with Gasteiger partial charge in [-0.3, -0.25) is 0 Å². The summed E-state index contributed by atoms with van der Waals surface area (Å²) in [6.07, 6.45) is 0. The molecule has 18 heavy (non-hydrogen) atoms. The molecule has 0 saturated heterocycles. The van der Waals surface area contributed by atoms with Crippen molar-refractivity contribution >= 4 is 0 Å². The van der Waals surface area contributed by atoms with Gasteiger partial charge in [-0.15, -0.1) is 0 Å². The molecular formula is C13H17N3O2. The average Bonchev–Trinajstić information content (AvgIpc) is 2.73. The summed E-state index contributed by atoms with van der Waals surface area (Å²) in [4.78, 5) is 0. The highest BCUT2D eigenvalue weighted by Gasteiger charge is 2.11. The summed E-state index contributed by atoms with van der Waals surface area (Å²) in [6, 6.07) is 5.89. The number of rotatable bonds is 4. The van der Waals surface area contributed by atoms with E-state index in [1.165, 1.54) is 0 Å². The molecule has 5 heteroatoms. The van der Waals surface area contributed by atoms with E-state index < -0.39 is 0 Å². The van der Waals surface area contributed by atoms with Gasteiger partial charge in [0.15, 0.2) is 0 Å². The molecule has 0 aliphatic carbocycles. The molecule has 0 radical (unpaired) electrons. The first-order chi connectivity index (χ1) is 8.58. The highest BCUT2D eigenvalue weighted by atomic mass is 16.6. The summed E-state index contributed by atoms with van der Waals surface area (Å²) in [5.74, 6) is 0.776. The Morgan fingerprint density at radius 1 is 1.33 bits per heavy atom. The van der Waals surface area contributed by atoms with E-state index in [-0.39, 0.29) is 6.04 Å². The molecule has 0 aliphatic rings. The van der Waals surface area contributed by atoms with Crippen molar-refractivity contribution in [3.8, 4) is 5.75 Å². The summed E-state index contributed by atoms with van der Waals surface area (Å²) in [6.45, 7) is 6.13. The number of nitrogens with two attached hydrogens (primary N) is 1. The summed E-state index contributed by atoms with van der Waals surface area (Å²) in [5.41, 5.74) is 9.53. The molecule has 2 rings (SSSR count). The molecule has 0 aliphatic heterocycles. The highest BCUT2D eigenvalue weighted by molar-refractivity contribution is 5.38. The normalized spacial score (nSPS) is 12.4. The minimum absolute atomic E-state index is 0.0727. The van der Waals surface area contributed by atoms with Gasteiger partial charge in [0.05, 0.1) is 0 Å². The van der Waals surface area contributed by atoms with Crippen LogP contribution in [0.1, 0.15) is 35.5 Å². The Hall–Kier alpha value is -1.88. The second-order valence-corrected chi connectivity index (χ2v) is 4.41. The van der Waals surface area contributed by atoms with Crippen molar-refractivity contribution in [2.45, 2.75) is 33.4 Å². The fraction of sp³-hybridized carbons (Fsp3) is 0.385. The van der Waals surface area contributed by atoms with E-state index in [9.17, 15) is 0 Å². The van der Waals surface area contributed by atoms with Gasteiger partial charge in [-0.05, 0) is 26.8 Å². The van der Waals surface area contributed by atoms with E-state index >= 15 is 0 Å². The molecule has 1 aromatic carbocycles. The van der Waals surface area contributed by atoms with Gasteiger partial charge in [0.25, 0.3) is 0 Å². The first kappa shape index (κ1) is 12.6. The molecule has 2 aromatic rings. The van der Waals surface area contributed by atoms with Gasteiger partial charge >= 0.3 is 0 Å². The zero-order chi connectivity index (χ0) is 13.1. The second kappa shape index (κ2) is 5.18. The van der Waals surface area contributed by atoms with Crippen molar-refractivity contribution in [1.29, 1.82) is 0 Å². The van der Waals surface area contributed by atoms with Crippen LogP contribution >= 0.6 is 0 Å². The molecule has 1 atom stereocenters. The molecule has 0 unspecified atom stereocenters. The monoisotopic (exact) mass is 247 g/mol. The van der Waals surface area contributed by atoms with Gasteiger partial charge in [0.2, 0.25) is 0 Å². The van der Waals surface area contributed by atoms with Gasteiger partial charge in [-0.1, -0.05) is 28.0 Å². The van der Waals surface area contributed by atoms with E-state index in [0.29, 0.717) is 12.3 Å². The summed E-state index contributed by atoms with van der Waals surface area (Å²) in [5, 5.41) is 7.49. The van der Waals surface area contributed by atoms with Crippen molar-refractivity contribution in [2.24, 2.45) is 5.73 Å². The third kappa shape index (κ3) is 2.68. The average molecular weight is 247 g/mol. The Morgan fingerprint density at radius 3 is 2.72 bits per heavy atom. The van der Waals surface area contributed by atoms with E-state index in [0.717, 1.165) is 22.6 Å². The van der Waals surface area contributed by atoms with Crippen LogP contribution in [0, 0.1) is 13.8 Å². The number of hydrogen-bond donors (Lipinski definition) is 1. The number of nitrogens with zero attached hydrogens (tertiary/aromatic N) is 2. The van der Waals surface area contributed by atoms with Crippen molar-refractivity contribution < 1.29 is 9.37 Å². The zero-order valence-electron chi connectivity index (χ0n) is 10.8. The number of aryl methyl sites for hydroxylation is 2. The topological polar surface area (TPSA) is 74.2 Å². The summed E-state index contributed by atoms with van der Waals surface area (Å²) < 4.78 is 10.4. The molecule has 1 aromatic heterocycles. The number of aromatic nitrogens is 2. The van der Waals surface area contributed by atoms with Gasteiger partial charge in [0, 0.05) is 11.6 Å². The summed E-state index contributed by atoms with van der Waals surface area (Å²) in [7, 11) is 0. The first-order valence-corrected chi connectivity index (χ1v) is 5.85. The Balaban J connectivity index is 2.16. The third-order valence-electron chi connectivity index (χ3n) is 2.77. The van der Waals surface area contributed by atoms with Crippen LogP contribution in [0.5, 0.6) is 5.75 Å². The number of benzene rings is 1. The smallest absolute Gasteiger partial charge is 0.145 e. The van der Waals surface area contributed by atoms with Gasteiger partial charge in [0.1, 0.15) is 23.7 Å². The molecule has 0 saturated carbocycles. The third-order valence-corrected chi connectivity index (χ3v) is 2.77. The number of ether oxygens (including phenoxy) is 1. The van der Waals surface area contributed by atoms with Crippen LogP contribution in [0.3, 0.4) is 0 Å². The van der Waals surface area contributed by atoms with Crippen molar-refractivity contribution in [3.05, 3.63) is 40.7 Å². The maximum atomic E-state index is 5.94. The van der Waals surface area contributed by atoms with Crippen LogP contribution in [0.4, 0.5) is 0 Å². The molecule has 1 heterocycles. The first-order valence-electron chi connectivity index (χ1n) is 5.85. The van der Waals surface area contributed by atoms with Crippen LogP contribution in [0.15, 0.2) is 22.8 Å². The SMILES string of the molecule is Cc1ccc(OCc2nonc2C)c([C@H](C)N)c1. The van der Waals surface area contributed by atoms with Crippen molar-refractivity contribution in [1.82, 2.24) is 10.3 Å². The largest absolute Gasteiger partial charge is 0.487 e. The molecule has 96 valence electrons. The van der Waals surface area contributed by atoms with E-state index in [1.807, 2.05) is 39.0 Å². The van der Waals surface area contributed by atoms with Gasteiger partial charge < -0.3 is 10.5 Å². The van der Waals surface area contributed by atoms with Crippen LogP contribution in [-0.2, 0) is 6.61 Å². The fourth-order valence-corrected chi connectivity index (χ4v) is 1.68. The molecule has 0 bridgehead atoms. The number of hydrogen-bond acceptors (Lipinski definition) is 5. The van der Waals surface area contributed by atoms with Crippen LogP contribution in [0.25, 0.3) is 0 Å². The van der Waals surface area contributed by atoms with Crippen molar-refractivity contribution in [2.75, 3.05) is 0 Å². The Morgan fingerprint density at radius 2 is 2.11 bits per heavy atom. The molecule has 2 N–H and O–H groups in total. The Labute approximate surface area is 106 Å². The zero-order valence-corrected chi connectivity index (χ0v) is 10.8. The Bertz CT molecular complexity index is 535. The Kier molecular flexibility index (Phi) is 3.62. The summed E-state index contributed by atoms with van der Waals surface area (Å²) >= 11 is 0. The lowest BCUT2D eigenvalue weighted by Gasteiger charge is -2.14. The molecule has 0 fully saturated rings. The maximum absolute atomic E-state index is 5.94. The lowest BCUT2D eigenvalue weighted by atomic mass is 10.1. The lowest BCUT2D eigenvalue weighted by molar-refractivity contribution is 0.268. The second-order valence-electron chi connectivity index (χ2n) is 4.41. The van der Waals surface area contributed by atoms with Gasteiger partial charge in [-0.2, -0.15) is 0 Å². The quantitative estimate of drug-likeness (QED) is 0.897.